The van der Waals surface area contributed by atoms with E-state index in [1.54, 1.807) is 12.1 Å². The van der Waals surface area contributed by atoms with Crippen LogP contribution in [0.15, 0.2) is 24.3 Å². The Labute approximate surface area is 108 Å². The van der Waals surface area contributed by atoms with Crippen LogP contribution in [0.25, 0.3) is 0 Å². The Morgan fingerprint density at radius 1 is 1.35 bits per heavy atom. The molecule has 0 saturated carbocycles. The number of hydrogen-bond acceptors (Lipinski definition) is 2. The zero-order valence-electron chi connectivity index (χ0n) is 10.2. The van der Waals surface area contributed by atoms with Crippen molar-refractivity contribution >= 4 is 11.6 Å². The Morgan fingerprint density at radius 3 is 2.41 bits per heavy atom. The van der Waals surface area contributed by atoms with Crippen LogP contribution in [-0.4, -0.2) is 17.7 Å². The minimum absolute atomic E-state index is 0.0167. The summed E-state index contributed by atoms with van der Waals surface area (Å²) >= 11 is 5.78. The molecule has 0 amide bonds. The number of terminal acetylenes is 1. The van der Waals surface area contributed by atoms with Crippen molar-refractivity contribution in [3.8, 4) is 12.3 Å². The van der Waals surface area contributed by atoms with Gasteiger partial charge < -0.3 is 10.4 Å². The Balaban J connectivity index is 2.52. The number of hydrogen-bond donors (Lipinski definition) is 2. The number of rotatable bonds is 5. The summed E-state index contributed by atoms with van der Waals surface area (Å²) in [6.45, 7) is 4.53. The topological polar surface area (TPSA) is 32.3 Å². The van der Waals surface area contributed by atoms with Gasteiger partial charge in [0.05, 0.1) is 12.1 Å². The van der Waals surface area contributed by atoms with Gasteiger partial charge in [0.25, 0.3) is 0 Å². The first-order chi connectivity index (χ1) is 8.04. The van der Waals surface area contributed by atoms with E-state index in [1.807, 2.05) is 26.0 Å². The zero-order valence-corrected chi connectivity index (χ0v) is 10.9. The molecular formula is C14H18ClNO. The molecular weight excluding hydrogens is 234 g/mol. The summed E-state index contributed by atoms with van der Waals surface area (Å²) in [6.07, 6.45) is 4.84. The average molecular weight is 252 g/mol. The summed E-state index contributed by atoms with van der Waals surface area (Å²) in [7, 11) is 0. The van der Waals surface area contributed by atoms with Gasteiger partial charge in [-0.2, -0.15) is 0 Å². The van der Waals surface area contributed by atoms with Crippen molar-refractivity contribution in [1.29, 1.82) is 0 Å². The van der Waals surface area contributed by atoms with Gasteiger partial charge in [0.2, 0.25) is 0 Å². The number of aliphatic hydroxyl groups is 1. The molecule has 0 spiro atoms. The lowest BCUT2D eigenvalue weighted by Crippen LogP contribution is -2.35. The van der Waals surface area contributed by atoms with E-state index in [-0.39, 0.29) is 6.04 Å². The third-order valence-corrected chi connectivity index (χ3v) is 2.88. The summed E-state index contributed by atoms with van der Waals surface area (Å²) in [5.74, 6) is 3.02. The minimum atomic E-state index is -0.568. The standard InChI is InChI=1S/C14H18ClNO/c1-4-13(10(2)3)16-9-14(17)11-5-7-12(15)8-6-11/h1,5-8,10,13-14,16-17H,9H2,2-3H3. The molecule has 3 heteroatoms. The molecule has 1 rings (SSSR count). The van der Waals surface area contributed by atoms with Crippen LogP contribution >= 0.6 is 11.6 Å². The maximum absolute atomic E-state index is 9.96. The normalized spacial score (nSPS) is 14.4. The molecule has 2 unspecified atom stereocenters. The lowest BCUT2D eigenvalue weighted by Gasteiger charge is -2.19. The summed E-state index contributed by atoms with van der Waals surface area (Å²) < 4.78 is 0. The molecule has 92 valence electrons. The Bertz CT molecular complexity index is 380. The fourth-order valence-electron chi connectivity index (χ4n) is 1.53. The highest BCUT2D eigenvalue weighted by Gasteiger charge is 2.12. The second-order valence-electron chi connectivity index (χ2n) is 4.36. The van der Waals surface area contributed by atoms with Crippen molar-refractivity contribution in [2.45, 2.75) is 26.0 Å². The van der Waals surface area contributed by atoms with Gasteiger partial charge >= 0.3 is 0 Å². The highest BCUT2D eigenvalue weighted by molar-refractivity contribution is 6.30. The van der Waals surface area contributed by atoms with E-state index in [9.17, 15) is 5.11 Å². The molecule has 0 aliphatic carbocycles. The molecule has 0 saturated heterocycles. The van der Waals surface area contributed by atoms with Crippen LogP contribution in [0, 0.1) is 18.3 Å². The molecule has 0 aromatic heterocycles. The highest BCUT2D eigenvalue weighted by Crippen LogP contribution is 2.16. The van der Waals surface area contributed by atoms with E-state index >= 15 is 0 Å². The third kappa shape index (κ3) is 4.40. The molecule has 2 N–H and O–H groups in total. The Kier molecular flexibility index (Phi) is 5.50. The minimum Gasteiger partial charge on any atom is -0.387 e. The second-order valence-corrected chi connectivity index (χ2v) is 4.80. The van der Waals surface area contributed by atoms with E-state index in [4.69, 9.17) is 18.0 Å². The van der Waals surface area contributed by atoms with E-state index in [2.05, 4.69) is 11.2 Å². The van der Waals surface area contributed by atoms with E-state index in [1.165, 1.54) is 0 Å². The van der Waals surface area contributed by atoms with Crippen LogP contribution in [0.1, 0.15) is 25.5 Å². The molecule has 0 heterocycles. The van der Waals surface area contributed by atoms with E-state index < -0.39 is 6.10 Å². The van der Waals surface area contributed by atoms with Gasteiger partial charge in [-0.3, -0.25) is 0 Å². The van der Waals surface area contributed by atoms with Gasteiger partial charge in [0.15, 0.2) is 0 Å². The summed E-state index contributed by atoms with van der Waals surface area (Å²) in [4.78, 5) is 0. The lowest BCUT2D eigenvalue weighted by atomic mass is 10.0. The zero-order chi connectivity index (χ0) is 12.8. The molecule has 17 heavy (non-hydrogen) atoms. The van der Waals surface area contributed by atoms with Crippen molar-refractivity contribution in [3.05, 3.63) is 34.9 Å². The van der Waals surface area contributed by atoms with Gasteiger partial charge in [-0.05, 0) is 23.6 Å². The van der Waals surface area contributed by atoms with E-state index in [0.717, 1.165) is 5.56 Å². The maximum Gasteiger partial charge on any atom is 0.0914 e. The van der Waals surface area contributed by atoms with Gasteiger partial charge in [0.1, 0.15) is 0 Å². The first-order valence-corrected chi connectivity index (χ1v) is 6.05. The summed E-state index contributed by atoms with van der Waals surface area (Å²) in [5, 5.41) is 13.8. The molecule has 0 bridgehead atoms. The molecule has 0 aliphatic rings. The van der Waals surface area contributed by atoms with Crippen LogP contribution in [0.4, 0.5) is 0 Å². The van der Waals surface area contributed by atoms with Crippen molar-refractivity contribution in [2.75, 3.05) is 6.54 Å². The molecule has 0 radical (unpaired) electrons. The molecule has 1 aromatic carbocycles. The highest BCUT2D eigenvalue weighted by atomic mass is 35.5. The first kappa shape index (κ1) is 14.1. The van der Waals surface area contributed by atoms with Gasteiger partial charge in [0, 0.05) is 11.6 Å². The third-order valence-electron chi connectivity index (χ3n) is 2.63. The Morgan fingerprint density at radius 2 is 1.94 bits per heavy atom. The monoisotopic (exact) mass is 251 g/mol. The fraction of sp³-hybridized carbons (Fsp3) is 0.429. The van der Waals surface area contributed by atoms with Crippen molar-refractivity contribution in [1.82, 2.24) is 5.32 Å². The van der Waals surface area contributed by atoms with Crippen molar-refractivity contribution < 1.29 is 5.11 Å². The van der Waals surface area contributed by atoms with Crippen LogP contribution in [0.5, 0.6) is 0 Å². The van der Waals surface area contributed by atoms with Gasteiger partial charge in [-0.25, -0.2) is 0 Å². The number of benzene rings is 1. The number of halogens is 1. The van der Waals surface area contributed by atoms with Crippen molar-refractivity contribution in [3.63, 3.8) is 0 Å². The van der Waals surface area contributed by atoms with E-state index in [0.29, 0.717) is 17.5 Å². The molecule has 0 fully saturated rings. The average Bonchev–Trinajstić information content (AvgIpc) is 2.30. The number of aliphatic hydroxyl groups excluding tert-OH is 1. The lowest BCUT2D eigenvalue weighted by molar-refractivity contribution is 0.170. The molecule has 2 nitrogen and oxygen atoms in total. The molecule has 2 atom stereocenters. The second kappa shape index (κ2) is 6.66. The van der Waals surface area contributed by atoms with Crippen LogP contribution in [0.3, 0.4) is 0 Å². The summed E-state index contributed by atoms with van der Waals surface area (Å²) in [5.41, 5.74) is 0.835. The van der Waals surface area contributed by atoms with Crippen LogP contribution < -0.4 is 5.32 Å². The summed E-state index contributed by atoms with van der Waals surface area (Å²) in [6, 6.07) is 7.14. The van der Waals surface area contributed by atoms with Crippen molar-refractivity contribution in [2.24, 2.45) is 5.92 Å². The predicted molar refractivity (Wildman–Crippen MR) is 71.9 cm³/mol. The Hall–Kier alpha value is -1.01. The smallest absolute Gasteiger partial charge is 0.0914 e. The first-order valence-electron chi connectivity index (χ1n) is 5.67. The maximum atomic E-state index is 9.96. The number of nitrogens with one attached hydrogen (secondary N) is 1. The van der Waals surface area contributed by atoms with Gasteiger partial charge in [-0.15, -0.1) is 6.42 Å². The predicted octanol–water partition coefficient (Wildman–Crippen LogP) is 2.62. The fourth-order valence-corrected chi connectivity index (χ4v) is 1.65. The van der Waals surface area contributed by atoms with Crippen LogP contribution in [0.2, 0.25) is 5.02 Å². The quantitative estimate of drug-likeness (QED) is 0.789. The molecule has 0 aliphatic heterocycles. The SMILES string of the molecule is C#CC(NCC(O)c1ccc(Cl)cc1)C(C)C. The van der Waals surface area contributed by atoms with Crippen LogP contribution in [-0.2, 0) is 0 Å². The molecule has 1 aromatic rings. The largest absolute Gasteiger partial charge is 0.387 e. The van der Waals surface area contributed by atoms with Gasteiger partial charge in [-0.1, -0.05) is 43.5 Å².